The van der Waals surface area contributed by atoms with Crippen LogP contribution in [0, 0.1) is 5.92 Å². The summed E-state index contributed by atoms with van der Waals surface area (Å²) in [6.45, 7) is 7.26. The van der Waals surface area contributed by atoms with E-state index in [1.54, 1.807) is 26.0 Å². The molecular formula is C14H21BrN2O3S. The molecule has 0 aromatic heterocycles. The third kappa shape index (κ3) is 5.41. The van der Waals surface area contributed by atoms with Crippen molar-refractivity contribution in [2.45, 2.75) is 44.7 Å². The smallest absolute Gasteiger partial charge is 0.241 e. The van der Waals surface area contributed by atoms with Gasteiger partial charge in [-0.15, -0.1) is 0 Å². The maximum absolute atomic E-state index is 12.3. The van der Waals surface area contributed by atoms with Gasteiger partial charge >= 0.3 is 0 Å². The summed E-state index contributed by atoms with van der Waals surface area (Å²) in [6, 6.07) is 5.42. The number of carbonyl (C=O) groups is 1. The Morgan fingerprint density at radius 1 is 1.10 bits per heavy atom. The molecule has 7 heteroatoms. The van der Waals surface area contributed by atoms with E-state index in [4.69, 9.17) is 0 Å². The van der Waals surface area contributed by atoms with Crippen LogP contribution in [-0.2, 0) is 14.8 Å². The van der Waals surface area contributed by atoms with Crippen molar-refractivity contribution >= 4 is 31.9 Å². The topological polar surface area (TPSA) is 75.3 Å². The summed E-state index contributed by atoms with van der Waals surface area (Å²) in [5.74, 6) is -0.477. The first kappa shape index (κ1) is 18.1. The zero-order chi connectivity index (χ0) is 16.2. The van der Waals surface area contributed by atoms with Crippen molar-refractivity contribution < 1.29 is 13.2 Å². The predicted molar refractivity (Wildman–Crippen MR) is 86.4 cm³/mol. The van der Waals surface area contributed by atoms with Crippen LogP contribution in [0.3, 0.4) is 0 Å². The lowest BCUT2D eigenvalue weighted by Gasteiger charge is -2.22. The molecule has 118 valence electrons. The molecule has 0 saturated carbocycles. The van der Waals surface area contributed by atoms with Gasteiger partial charge in [-0.3, -0.25) is 4.79 Å². The van der Waals surface area contributed by atoms with Crippen molar-refractivity contribution in [1.29, 1.82) is 0 Å². The fourth-order valence-electron chi connectivity index (χ4n) is 1.72. The Morgan fingerprint density at radius 2 is 1.62 bits per heavy atom. The number of sulfonamides is 1. The molecule has 0 bridgehead atoms. The average molecular weight is 377 g/mol. The van der Waals surface area contributed by atoms with Crippen LogP contribution >= 0.6 is 15.9 Å². The van der Waals surface area contributed by atoms with Crippen LogP contribution in [0.4, 0.5) is 0 Å². The van der Waals surface area contributed by atoms with Crippen LogP contribution in [0.2, 0.25) is 0 Å². The van der Waals surface area contributed by atoms with Crippen LogP contribution in [0.15, 0.2) is 33.6 Å². The minimum absolute atomic E-state index is 0.0454. The quantitative estimate of drug-likeness (QED) is 0.799. The molecular weight excluding hydrogens is 356 g/mol. The van der Waals surface area contributed by atoms with E-state index in [9.17, 15) is 13.2 Å². The second-order valence-corrected chi connectivity index (χ2v) is 8.09. The molecule has 1 rings (SSSR count). The van der Waals surface area contributed by atoms with Gasteiger partial charge in [0.2, 0.25) is 15.9 Å². The SMILES string of the molecule is CC(C)NC(=O)C(NS(=O)(=O)c1ccc(Br)cc1)C(C)C. The molecule has 2 N–H and O–H groups in total. The number of hydrogen-bond donors (Lipinski definition) is 2. The van der Waals surface area contributed by atoms with Gasteiger partial charge in [-0.05, 0) is 44.0 Å². The van der Waals surface area contributed by atoms with Gasteiger partial charge in [0.15, 0.2) is 0 Å². The van der Waals surface area contributed by atoms with Crippen LogP contribution in [0.1, 0.15) is 27.7 Å². The van der Waals surface area contributed by atoms with Gasteiger partial charge in [0.1, 0.15) is 6.04 Å². The maximum Gasteiger partial charge on any atom is 0.241 e. The molecule has 0 aliphatic carbocycles. The molecule has 0 fully saturated rings. The van der Waals surface area contributed by atoms with E-state index < -0.39 is 16.1 Å². The zero-order valence-electron chi connectivity index (χ0n) is 12.6. The van der Waals surface area contributed by atoms with Crippen molar-refractivity contribution in [1.82, 2.24) is 10.0 Å². The van der Waals surface area contributed by atoms with E-state index in [0.717, 1.165) is 4.47 Å². The maximum atomic E-state index is 12.3. The minimum Gasteiger partial charge on any atom is -0.353 e. The van der Waals surface area contributed by atoms with Crippen LogP contribution in [0.5, 0.6) is 0 Å². The first-order valence-corrected chi connectivity index (χ1v) is 8.99. The van der Waals surface area contributed by atoms with E-state index in [-0.39, 0.29) is 22.8 Å². The van der Waals surface area contributed by atoms with Gasteiger partial charge in [0.25, 0.3) is 0 Å². The number of benzene rings is 1. The van der Waals surface area contributed by atoms with Gasteiger partial charge in [-0.2, -0.15) is 4.72 Å². The molecule has 1 amide bonds. The van der Waals surface area contributed by atoms with Crippen molar-refractivity contribution in [3.63, 3.8) is 0 Å². The van der Waals surface area contributed by atoms with Crippen molar-refractivity contribution in [2.75, 3.05) is 0 Å². The Bertz CT molecular complexity index is 583. The van der Waals surface area contributed by atoms with Crippen LogP contribution < -0.4 is 10.0 Å². The summed E-state index contributed by atoms with van der Waals surface area (Å²) < 4.78 is 28.0. The third-order valence-corrected chi connectivity index (χ3v) is 4.77. The molecule has 0 aliphatic rings. The molecule has 0 aliphatic heterocycles. The second-order valence-electron chi connectivity index (χ2n) is 5.46. The molecule has 1 aromatic carbocycles. The van der Waals surface area contributed by atoms with E-state index in [1.165, 1.54) is 12.1 Å². The average Bonchev–Trinajstić information content (AvgIpc) is 2.35. The van der Waals surface area contributed by atoms with Gasteiger partial charge in [-0.1, -0.05) is 29.8 Å². The number of amides is 1. The van der Waals surface area contributed by atoms with E-state index in [2.05, 4.69) is 26.0 Å². The van der Waals surface area contributed by atoms with Gasteiger partial charge < -0.3 is 5.32 Å². The Hall–Kier alpha value is -0.920. The van der Waals surface area contributed by atoms with Crippen LogP contribution in [0.25, 0.3) is 0 Å². The van der Waals surface area contributed by atoms with Gasteiger partial charge in [0.05, 0.1) is 4.90 Å². The Labute approximate surface area is 134 Å². The summed E-state index contributed by atoms with van der Waals surface area (Å²) >= 11 is 3.26. The predicted octanol–water partition coefficient (Wildman–Crippen LogP) is 2.28. The Kier molecular flexibility index (Phi) is 6.37. The van der Waals surface area contributed by atoms with Crippen molar-refractivity contribution in [2.24, 2.45) is 5.92 Å². The molecule has 0 heterocycles. The Balaban J connectivity index is 2.97. The molecule has 0 spiro atoms. The number of rotatable bonds is 6. The normalized spacial score (nSPS) is 13.5. The third-order valence-electron chi connectivity index (χ3n) is 2.79. The molecule has 5 nitrogen and oxygen atoms in total. The molecule has 0 radical (unpaired) electrons. The summed E-state index contributed by atoms with van der Waals surface area (Å²) in [4.78, 5) is 12.2. The van der Waals surface area contributed by atoms with Crippen LogP contribution in [-0.4, -0.2) is 26.4 Å². The molecule has 1 aromatic rings. The first-order chi connectivity index (χ1) is 9.63. The monoisotopic (exact) mass is 376 g/mol. The lowest BCUT2D eigenvalue weighted by molar-refractivity contribution is -0.124. The Morgan fingerprint density at radius 3 is 2.05 bits per heavy atom. The minimum atomic E-state index is -3.73. The summed E-state index contributed by atoms with van der Waals surface area (Å²) in [5, 5.41) is 2.73. The summed E-state index contributed by atoms with van der Waals surface area (Å²) in [7, 11) is -3.73. The number of halogens is 1. The number of hydrogen-bond acceptors (Lipinski definition) is 3. The molecule has 0 saturated heterocycles. The highest BCUT2D eigenvalue weighted by atomic mass is 79.9. The highest BCUT2D eigenvalue weighted by Crippen LogP contribution is 2.16. The fourth-order valence-corrected chi connectivity index (χ4v) is 3.32. The highest BCUT2D eigenvalue weighted by molar-refractivity contribution is 9.10. The number of nitrogens with one attached hydrogen (secondary N) is 2. The lowest BCUT2D eigenvalue weighted by atomic mass is 10.0. The highest BCUT2D eigenvalue weighted by Gasteiger charge is 2.28. The van der Waals surface area contributed by atoms with Gasteiger partial charge in [-0.25, -0.2) is 8.42 Å². The summed E-state index contributed by atoms with van der Waals surface area (Å²) in [5.41, 5.74) is 0. The molecule has 21 heavy (non-hydrogen) atoms. The fraction of sp³-hybridized carbons (Fsp3) is 0.500. The lowest BCUT2D eigenvalue weighted by Crippen LogP contribution is -2.51. The van der Waals surface area contributed by atoms with Crippen molar-refractivity contribution in [3.05, 3.63) is 28.7 Å². The zero-order valence-corrected chi connectivity index (χ0v) is 15.0. The van der Waals surface area contributed by atoms with Gasteiger partial charge in [0, 0.05) is 10.5 Å². The second kappa shape index (κ2) is 7.38. The molecule has 1 unspecified atom stereocenters. The molecule has 1 atom stereocenters. The standard InChI is InChI=1S/C14H21BrN2O3S/c1-9(2)13(14(18)16-10(3)4)17-21(19,20)12-7-5-11(15)6-8-12/h5-10,13,17H,1-4H3,(H,16,18). The van der Waals surface area contributed by atoms with Crippen molar-refractivity contribution in [3.8, 4) is 0 Å². The largest absolute Gasteiger partial charge is 0.353 e. The summed E-state index contributed by atoms with van der Waals surface area (Å²) in [6.07, 6.45) is 0. The van der Waals surface area contributed by atoms with E-state index >= 15 is 0 Å². The van der Waals surface area contributed by atoms with E-state index in [0.29, 0.717) is 0 Å². The first-order valence-electron chi connectivity index (χ1n) is 6.71. The van der Waals surface area contributed by atoms with E-state index in [1.807, 2.05) is 13.8 Å². The number of carbonyl (C=O) groups excluding carboxylic acids is 1.